The van der Waals surface area contributed by atoms with E-state index in [1.54, 1.807) is 33.3 Å². The molecule has 0 bridgehead atoms. The third kappa shape index (κ3) is 4.15. The summed E-state index contributed by atoms with van der Waals surface area (Å²) in [5.74, 6) is 1.42. The van der Waals surface area contributed by atoms with Crippen LogP contribution in [0.1, 0.15) is 12.5 Å². The van der Waals surface area contributed by atoms with E-state index in [1.807, 2.05) is 42.5 Å². The van der Waals surface area contributed by atoms with Crippen LogP contribution < -0.4 is 20.2 Å². The van der Waals surface area contributed by atoms with Gasteiger partial charge >= 0.3 is 0 Å². The zero-order valence-corrected chi connectivity index (χ0v) is 16.6. The molecule has 0 aliphatic carbocycles. The molecule has 0 aliphatic heterocycles. The van der Waals surface area contributed by atoms with Gasteiger partial charge in [-0.15, -0.1) is 0 Å². The molecule has 0 radical (unpaired) electrons. The van der Waals surface area contributed by atoms with Crippen molar-refractivity contribution in [1.29, 1.82) is 0 Å². The van der Waals surface area contributed by atoms with Crippen molar-refractivity contribution in [2.24, 2.45) is 5.10 Å². The predicted molar refractivity (Wildman–Crippen MR) is 117 cm³/mol. The highest BCUT2D eigenvalue weighted by molar-refractivity contribution is 7.80. The molecule has 144 valence electrons. The average molecular weight is 395 g/mol. The van der Waals surface area contributed by atoms with Crippen LogP contribution in [0.2, 0.25) is 0 Å². The van der Waals surface area contributed by atoms with E-state index >= 15 is 0 Å². The summed E-state index contributed by atoms with van der Waals surface area (Å²) in [6.45, 7) is 1.80. The Hall–Kier alpha value is -3.32. The first-order valence-electron chi connectivity index (χ1n) is 8.58. The van der Waals surface area contributed by atoms with Crippen LogP contribution in [0.3, 0.4) is 0 Å². The molecule has 0 atom stereocenters. The molecule has 7 heteroatoms. The van der Waals surface area contributed by atoms with E-state index in [1.165, 1.54) is 0 Å². The minimum absolute atomic E-state index is 0.194. The number of rotatable bonds is 5. The van der Waals surface area contributed by atoms with Crippen molar-refractivity contribution in [2.45, 2.75) is 6.92 Å². The van der Waals surface area contributed by atoms with Gasteiger partial charge in [-0.1, -0.05) is 30.3 Å². The van der Waals surface area contributed by atoms with Crippen molar-refractivity contribution in [3.05, 3.63) is 60.2 Å². The summed E-state index contributed by atoms with van der Waals surface area (Å²) in [6.07, 6.45) is 0. The lowest BCUT2D eigenvalue weighted by Crippen LogP contribution is -2.25. The molecule has 0 spiro atoms. The van der Waals surface area contributed by atoms with Crippen molar-refractivity contribution in [3.63, 3.8) is 0 Å². The topological polar surface area (TPSA) is 75.1 Å². The highest BCUT2D eigenvalue weighted by Crippen LogP contribution is 2.30. The van der Waals surface area contributed by atoms with Crippen molar-refractivity contribution in [2.75, 3.05) is 19.5 Å². The van der Waals surface area contributed by atoms with Crippen molar-refractivity contribution in [1.82, 2.24) is 5.43 Å². The highest BCUT2D eigenvalue weighted by atomic mass is 32.1. The van der Waals surface area contributed by atoms with Gasteiger partial charge < -0.3 is 19.9 Å². The fourth-order valence-corrected chi connectivity index (χ4v) is 2.98. The molecule has 0 saturated heterocycles. The molecule has 0 unspecified atom stereocenters. The number of hydrogen-bond acceptors (Lipinski definition) is 5. The average Bonchev–Trinajstić information content (AvgIpc) is 2.72. The lowest BCUT2D eigenvalue weighted by Gasteiger charge is -2.12. The van der Waals surface area contributed by atoms with Gasteiger partial charge in [-0.05, 0) is 42.7 Å². The van der Waals surface area contributed by atoms with Gasteiger partial charge in [0, 0.05) is 22.7 Å². The van der Waals surface area contributed by atoms with Gasteiger partial charge in [-0.25, -0.2) is 0 Å². The lowest BCUT2D eigenvalue weighted by atomic mass is 10.0. The molecule has 6 nitrogen and oxygen atoms in total. The molecule has 0 amide bonds. The summed E-state index contributed by atoms with van der Waals surface area (Å²) in [7, 11) is 3.15. The normalized spacial score (nSPS) is 11.2. The lowest BCUT2D eigenvalue weighted by molar-refractivity contribution is 0.355. The third-order valence-corrected chi connectivity index (χ3v) is 4.45. The number of aromatic hydroxyl groups is 1. The zero-order valence-electron chi connectivity index (χ0n) is 15.8. The number of ether oxygens (including phenoxy) is 2. The summed E-state index contributed by atoms with van der Waals surface area (Å²) in [6, 6.07) is 16.8. The van der Waals surface area contributed by atoms with E-state index in [4.69, 9.17) is 21.7 Å². The Morgan fingerprint density at radius 3 is 2.50 bits per heavy atom. The maximum Gasteiger partial charge on any atom is 0.191 e. The highest BCUT2D eigenvalue weighted by Gasteiger charge is 2.09. The molecule has 3 aromatic rings. The molecule has 3 N–H and O–H groups in total. The maximum absolute atomic E-state index is 10.5. The van der Waals surface area contributed by atoms with Crippen LogP contribution in [0.5, 0.6) is 17.2 Å². The largest absolute Gasteiger partial charge is 0.507 e. The number of anilines is 1. The first kappa shape index (κ1) is 19.4. The summed E-state index contributed by atoms with van der Waals surface area (Å²) in [5.41, 5.74) is 4.78. The number of nitrogens with one attached hydrogen (secondary N) is 2. The monoisotopic (exact) mass is 395 g/mol. The van der Waals surface area contributed by atoms with Gasteiger partial charge in [0.05, 0.1) is 19.9 Å². The summed E-state index contributed by atoms with van der Waals surface area (Å²) < 4.78 is 10.5. The molecule has 28 heavy (non-hydrogen) atoms. The van der Waals surface area contributed by atoms with Gasteiger partial charge in [0.15, 0.2) is 16.6 Å². The second kappa shape index (κ2) is 8.58. The van der Waals surface area contributed by atoms with Crippen LogP contribution in [-0.4, -0.2) is 30.2 Å². The minimum Gasteiger partial charge on any atom is -0.507 e. The van der Waals surface area contributed by atoms with Crippen molar-refractivity contribution < 1.29 is 14.6 Å². The number of hydrazone groups is 1. The Balaban J connectivity index is 1.73. The quantitative estimate of drug-likeness (QED) is 0.340. The predicted octanol–water partition coefficient (Wildman–Crippen LogP) is 4.27. The van der Waals surface area contributed by atoms with E-state index in [0.29, 0.717) is 27.9 Å². The van der Waals surface area contributed by atoms with Crippen LogP contribution in [0.25, 0.3) is 10.8 Å². The Labute approximate surface area is 168 Å². The zero-order chi connectivity index (χ0) is 20.1. The SMILES string of the molecule is COc1ccc(NC(=S)N/N=C(\C)c2ccc3ccccc3c2O)cc1OC. The molecule has 3 rings (SSSR count). The number of thiocarbonyl (C=S) groups is 1. The van der Waals surface area contributed by atoms with Crippen LogP contribution in [0, 0.1) is 0 Å². The first-order chi connectivity index (χ1) is 13.5. The first-order valence-corrected chi connectivity index (χ1v) is 8.98. The van der Waals surface area contributed by atoms with Gasteiger partial charge in [0.25, 0.3) is 0 Å². The van der Waals surface area contributed by atoms with E-state index in [-0.39, 0.29) is 5.75 Å². The molecular formula is C21H21N3O3S. The maximum atomic E-state index is 10.5. The third-order valence-electron chi connectivity index (χ3n) is 4.26. The van der Waals surface area contributed by atoms with Crippen molar-refractivity contribution >= 4 is 39.5 Å². The van der Waals surface area contributed by atoms with Gasteiger partial charge in [-0.3, -0.25) is 5.43 Å². The summed E-state index contributed by atoms with van der Waals surface area (Å²) >= 11 is 5.29. The number of methoxy groups -OCH3 is 2. The smallest absolute Gasteiger partial charge is 0.191 e. The number of phenolic OH excluding ortho intramolecular Hbond substituents is 1. The summed E-state index contributed by atoms with van der Waals surface area (Å²) in [5, 5.41) is 19.9. The number of nitrogens with zero attached hydrogens (tertiary/aromatic N) is 1. The number of hydrogen-bond donors (Lipinski definition) is 3. The van der Waals surface area contributed by atoms with Crippen LogP contribution in [-0.2, 0) is 0 Å². The summed E-state index contributed by atoms with van der Waals surface area (Å²) in [4.78, 5) is 0. The van der Waals surface area contributed by atoms with Crippen molar-refractivity contribution in [3.8, 4) is 17.2 Å². The standard InChI is InChI=1S/C21H21N3O3S/c1-13(16-10-8-14-6-4-5-7-17(14)20(16)25)23-24-21(28)22-15-9-11-18(26-2)19(12-15)27-3/h4-12,25H,1-3H3,(H2,22,24,28)/b23-13+. The van der Waals surface area contributed by atoms with Gasteiger partial charge in [-0.2, -0.15) is 5.10 Å². The minimum atomic E-state index is 0.194. The Kier molecular flexibility index (Phi) is 5.96. The Morgan fingerprint density at radius 1 is 1.00 bits per heavy atom. The molecule has 0 fully saturated rings. The van der Waals surface area contributed by atoms with E-state index < -0.39 is 0 Å². The van der Waals surface area contributed by atoms with E-state index in [9.17, 15) is 5.11 Å². The van der Waals surface area contributed by atoms with Gasteiger partial charge in [0.2, 0.25) is 0 Å². The molecule has 0 heterocycles. The van der Waals surface area contributed by atoms with Crippen LogP contribution in [0.4, 0.5) is 5.69 Å². The second-order valence-electron chi connectivity index (χ2n) is 6.02. The number of benzene rings is 3. The fraction of sp³-hybridized carbons (Fsp3) is 0.143. The second-order valence-corrected chi connectivity index (χ2v) is 6.42. The number of fused-ring (bicyclic) bond motifs is 1. The van der Waals surface area contributed by atoms with E-state index in [2.05, 4.69) is 15.8 Å². The Morgan fingerprint density at radius 2 is 1.75 bits per heavy atom. The van der Waals surface area contributed by atoms with Crippen LogP contribution >= 0.6 is 12.2 Å². The molecular weight excluding hydrogens is 374 g/mol. The molecule has 0 aliphatic rings. The van der Waals surface area contributed by atoms with E-state index in [0.717, 1.165) is 16.5 Å². The fourth-order valence-electron chi connectivity index (χ4n) is 2.81. The Bertz CT molecular complexity index is 1050. The molecule has 3 aromatic carbocycles. The van der Waals surface area contributed by atoms with Crippen LogP contribution in [0.15, 0.2) is 59.7 Å². The molecule has 0 saturated carbocycles. The number of phenols is 1. The van der Waals surface area contributed by atoms with Gasteiger partial charge in [0.1, 0.15) is 5.75 Å². The molecule has 0 aromatic heterocycles.